The van der Waals surface area contributed by atoms with Crippen LogP contribution in [-0.4, -0.2) is 33.4 Å². The first kappa shape index (κ1) is 18.7. The van der Waals surface area contributed by atoms with E-state index >= 15 is 0 Å². The third-order valence-electron chi connectivity index (χ3n) is 3.30. The maximum Gasteiger partial charge on any atom is 0.244 e. The number of hydrogen-bond acceptors (Lipinski definition) is 3. The number of aromatic nitrogens is 2. The highest BCUT2D eigenvalue weighted by Crippen LogP contribution is 2.22. The van der Waals surface area contributed by atoms with Crippen LogP contribution in [0.25, 0.3) is 6.08 Å². The summed E-state index contributed by atoms with van der Waals surface area (Å²) in [5, 5.41) is 17.3. The van der Waals surface area contributed by atoms with Gasteiger partial charge in [0.25, 0.3) is 0 Å². The molecule has 22 heavy (non-hydrogen) atoms. The van der Waals surface area contributed by atoms with Crippen LogP contribution in [0.5, 0.6) is 0 Å². The zero-order chi connectivity index (χ0) is 16.9. The fraction of sp³-hybridized carbons (Fsp3) is 0.625. The Kier molecular flexibility index (Phi) is 7.10. The molecule has 1 rings (SSSR count). The topological polar surface area (TPSA) is 67.2 Å². The minimum atomic E-state index is -0.545. The Morgan fingerprint density at radius 3 is 2.59 bits per heavy atom. The summed E-state index contributed by atoms with van der Waals surface area (Å²) in [6.07, 6.45) is 2.54. The molecule has 0 radical (unpaired) electrons. The molecule has 0 spiro atoms. The van der Waals surface area contributed by atoms with Gasteiger partial charge in [0.1, 0.15) is 5.15 Å². The molecule has 0 aliphatic heterocycles. The maximum absolute atomic E-state index is 11.8. The normalized spacial score (nSPS) is 13.3. The standard InChI is InChI=1S/C16H26ClN3O2/c1-10(2)9-20-16(17)13(12(5)19-20)6-7-15(22)18-8-14(21)11(3)4/h6-7,10-11,14,21H,8-9H2,1-5H3,(H,18,22)/b7-6+. The number of carbonyl (C=O) groups is 1. The van der Waals surface area contributed by atoms with Crippen LogP contribution >= 0.6 is 11.6 Å². The van der Waals surface area contributed by atoms with Gasteiger partial charge in [0, 0.05) is 24.7 Å². The van der Waals surface area contributed by atoms with Crippen molar-refractivity contribution in [2.24, 2.45) is 11.8 Å². The van der Waals surface area contributed by atoms with Crippen LogP contribution < -0.4 is 5.32 Å². The smallest absolute Gasteiger partial charge is 0.244 e. The molecule has 124 valence electrons. The van der Waals surface area contributed by atoms with Gasteiger partial charge in [-0.25, -0.2) is 0 Å². The quantitative estimate of drug-likeness (QED) is 0.757. The second-order valence-corrected chi connectivity index (χ2v) is 6.61. The SMILES string of the molecule is Cc1nn(CC(C)C)c(Cl)c1/C=C/C(=O)NCC(O)C(C)C. The molecule has 0 aliphatic rings. The van der Waals surface area contributed by atoms with Gasteiger partial charge in [-0.05, 0) is 24.8 Å². The predicted molar refractivity (Wildman–Crippen MR) is 89.7 cm³/mol. The molecular formula is C16H26ClN3O2. The molecule has 1 atom stereocenters. The van der Waals surface area contributed by atoms with Crippen LogP contribution in [-0.2, 0) is 11.3 Å². The Bertz CT molecular complexity index is 536. The van der Waals surface area contributed by atoms with E-state index in [4.69, 9.17) is 11.6 Å². The summed E-state index contributed by atoms with van der Waals surface area (Å²) in [6.45, 7) is 10.8. The van der Waals surface area contributed by atoms with E-state index in [-0.39, 0.29) is 18.4 Å². The number of aliphatic hydroxyl groups excluding tert-OH is 1. The second kappa shape index (κ2) is 8.34. The van der Waals surface area contributed by atoms with Gasteiger partial charge in [-0.15, -0.1) is 0 Å². The van der Waals surface area contributed by atoms with E-state index in [1.807, 2.05) is 20.8 Å². The molecule has 0 aliphatic carbocycles. The Labute approximate surface area is 137 Å². The maximum atomic E-state index is 11.8. The molecule has 1 unspecified atom stereocenters. The fourth-order valence-corrected chi connectivity index (χ4v) is 2.19. The summed E-state index contributed by atoms with van der Waals surface area (Å²) in [6, 6.07) is 0. The van der Waals surface area contributed by atoms with Gasteiger partial charge in [-0.3, -0.25) is 9.48 Å². The van der Waals surface area contributed by atoms with Crippen molar-refractivity contribution < 1.29 is 9.90 Å². The molecule has 0 aromatic carbocycles. The molecule has 1 aromatic heterocycles. The third kappa shape index (κ3) is 5.46. The third-order valence-corrected chi connectivity index (χ3v) is 3.70. The monoisotopic (exact) mass is 327 g/mol. The Morgan fingerprint density at radius 1 is 1.41 bits per heavy atom. The number of amides is 1. The zero-order valence-corrected chi connectivity index (χ0v) is 14.7. The molecule has 6 heteroatoms. The molecule has 0 bridgehead atoms. The zero-order valence-electron chi connectivity index (χ0n) is 13.9. The molecule has 1 amide bonds. The Hall–Kier alpha value is -1.33. The van der Waals surface area contributed by atoms with Gasteiger partial charge in [-0.1, -0.05) is 39.3 Å². The highest BCUT2D eigenvalue weighted by molar-refractivity contribution is 6.31. The van der Waals surface area contributed by atoms with Crippen molar-refractivity contribution in [1.82, 2.24) is 15.1 Å². The lowest BCUT2D eigenvalue weighted by Crippen LogP contribution is -2.33. The van der Waals surface area contributed by atoms with E-state index in [1.54, 1.807) is 10.8 Å². The average Bonchev–Trinajstić information content (AvgIpc) is 2.67. The summed E-state index contributed by atoms with van der Waals surface area (Å²) in [5.41, 5.74) is 1.54. The van der Waals surface area contributed by atoms with Crippen molar-refractivity contribution in [2.45, 2.75) is 47.3 Å². The minimum Gasteiger partial charge on any atom is -0.391 e. The molecule has 0 saturated carbocycles. The summed E-state index contributed by atoms with van der Waals surface area (Å²) in [4.78, 5) is 11.8. The van der Waals surface area contributed by atoms with E-state index in [0.717, 1.165) is 17.8 Å². The van der Waals surface area contributed by atoms with Crippen molar-refractivity contribution in [3.8, 4) is 0 Å². The molecule has 5 nitrogen and oxygen atoms in total. The van der Waals surface area contributed by atoms with Crippen molar-refractivity contribution in [1.29, 1.82) is 0 Å². The van der Waals surface area contributed by atoms with E-state index in [0.29, 0.717) is 11.1 Å². The molecule has 1 heterocycles. The minimum absolute atomic E-state index is 0.107. The van der Waals surface area contributed by atoms with Crippen LogP contribution in [0.4, 0.5) is 0 Å². The Morgan fingerprint density at radius 2 is 2.05 bits per heavy atom. The van der Waals surface area contributed by atoms with E-state index in [1.165, 1.54) is 6.08 Å². The lowest BCUT2D eigenvalue weighted by molar-refractivity contribution is -0.117. The van der Waals surface area contributed by atoms with Crippen LogP contribution in [0.2, 0.25) is 5.15 Å². The van der Waals surface area contributed by atoms with E-state index < -0.39 is 6.10 Å². The number of nitrogens with one attached hydrogen (secondary N) is 1. The first-order valence-electron chi connectivity index (χ1n) is 7.59. The van der Waals surface area contributed by atoms with Gasteiger partial charge >= 0.3 is 0 Å². The molecule has 0 saturated heterocycles. The van der Waals surface area contributed by atoms with Gasteiger partial charge < -0.3 is 10.4 Å². The van der Waals surface area contributed by atoms with Crippen molar-refractivity contribution in [3.05, 3.63) is 22.5 Å². The van der Waals surface area contributed by atoms with Crippen LogP contribution in [0.15, 0.2) is 6.08 Å². The molecule has 2 N–H and O–H groups in total. The summed E-state index contributed by atoms with van der Waals surface area (Å²) in [7, 11) is 0. The highest BCUT2D eigenvalue weighted by Gasteiger charge is 2.13. The number of hydrogen-bond donors (Lipinski definition) is 2. The van der Waals surface area contributed by atoms with Gasteiger partial charge in [0.05, 0.1) is 11.8 Å². The molecular weight excluding hydrogens is 302 g/mol. The molecule has 1 aromatic rings. The number of rotatable bonds is 7. The predicted octanol–water partition coefficient (Wildman–Crippen LogP) is 2.65. The van der Waals surface area contributed by atoms with Gasteiger partial charge in [0.15, 0.2) is 0 Å². The van der Waals surface area contributed by atoms with Gasteiger partial charge in [0.2, 0.25) is 5.91 Å². The lowest BCUT2D eigenvalue weighted by atomic mass is 10.1. The van der Waals surface area contributed by atoms with E-state index in [2.05, 4.69) is 24.3 Å². The first-order valence-corrected chi connectivity index (χ1v) is 7.97. The van der Waals surface area contributed by atoms with Crippen molar-refractivity contribution >= 4 is 23.6 Å². The summed E-state index contributed by atoms with van der Waals surface area (Å²) < 4.78 is 1.75. The number of carbonyl (C=O) groups excluding carboxylic acids is 1. The van der Waals surface area contributed by atoms with Gasteiger partial charge in [-0.2, -0.15) is 5.10 Å². The second-order valence-electron chi connectivity index (χ2n) is 6.26. The van der Waals surface area contributed by atoms with Crippen molar-refractivity contribution in [3.63, 3.8) is 0 Å². The Balaban J connectivity index is 2.70. The first-order chi connectivity index (χ1) is 10.2. The lowest BCUT2D eigenvalue weighted by Gasteiger charge is -2.13. The highest BCUT2D eigenvalue weighted by atomic mass is 35.5. The summed E-state index contributed by atoms with van der Waals surface area (Å²) in [5.74, 6) is 0.288. The molecule has 0 fully saturated rings. The average molecular weight is 328 g/mol. The van der Waals surface area contributed by atoms with Crippen LogP contribution in [0, 0.1) is 18.8 Å². The van der Waals surface area contributed by atoms with E-state index in [9.17, 15) is 9.90 Å². The van der Waals surface area contributed by atoms with Crippen LogP contribution in [0.3, 0.4) is 0 Å². The number of aryl methyl sites for hydroxylation is 1. The number of halogens is 1. The van der Waals surface area contributed by atoms with Crippen molar-refractivity contribution in [2.75, 3.05) is 6.54 Å². The number of nitrogens with zero attached hydrogens (tertiary/aromatic N) is 2. The largest absolute Gasteiger partial charge is 0.391 e. The van der Waals surface area contributed by atoms with Crippen LogP contribution in [0.1, 0.15) is 39.0 Å². The fourth-order valence-electron chi connectivity index (χ4n) is 1.88. The number of aliphatic hydroxyl groups is 1. The summed E-state index contributed by atoms with van der Waals surface area (Å²) >= 11 is 6.30.